The monoisotopic (exact) mass is 281 g/mol. The molecule has 1 heterocycles. The molecule has 0 aliphatic heterocycles. The lowest BCUT2D eigenvalue weighted by Crippen LogP contribution is -2.07. The number of nitrogens with zero attached hydrogens (tertiary/aromatic N) is 2. The second-order valence-corrected chi connectivity index (χ2v) is 4.35. The van der Waals surface area contributed by atoms with Crippen molar-refractivity contribution < 1.29 is 13.2 Å². The number of rotatable bonds is 3. The summed E-state index contributed by atoms with van der Waals surface area (Å²) in [6.07, 6.45) is 0. The van der Waals surface area contributed by atoms with Gasteiger partial charge >= 0.3 is 0 Å². The normalized spacial score (nSPS) is 10.7. The van der Waals surface area contributed by atoms with E-state index >= 15 is 0 Å². The highest BCUT2D eigenvalue weighted by Gasteiger charge is 2.19. The fourth-order valence-electron chi connectivity index (χ4n) is 1.94. The molecule has 3 nitrogen and oxygen atoms in total. The van der Waals surface area contributed by atoms with Crippen molar-refractivity contribution in [1.82, 2.24) is 9.97 Å². The second kappa shape index (κ2) is 5.48. The molecule has 6 heteroatoms. The number of halogens is 3. The first-order chi connectivity index (χ1) is 9.45. The smallest absolute Gasteiger partial charge is 0.195 e. The number of hydrogen-bond donors (Lipinski definition) is 1. The number of aromatic nitrogens is 2. The van der Waals surface area contributed by atoms with Crippen LogP contribution < -0.4 is 5.32 Å². The van der Waals surface area contributed by atoms with Gasteiger partial charge in [-0.2, -0.15) is 0 Å². The highest BCUT2D eigenvalue weighted by Crippen LogP contribution is 2.29. The van der Waals surface area contributed by atoms with E-state index in [0.29, 0.717) is 23.8 Å². The summed E-state index contributed by atoms with van der Waals surface area (Å²) in [4.78, 5) is 8.34. The van der Waals surface area contributed by atoms with E-state index in [0.717, 1.165) is 6.07 Å². The van der Waals surface area contributed by atoms with E-state index in [4.69, 9.17) is 0 Å². The maximum atomic E-state index is 13.9. The Balaban J connectivity index is 2.67. The fourth-order valence-corrected chi connectivity index (χ4v) is 1.94. The van der Waals surface area contributed by atoms with E-state index in [1.165, 1.54) is 6.07 Å². The lowest BCUT2D eigenvalue weighted by molar-refractivity contribution is 0.448. The van der Waals surface area contributed by atoms with E-state index in [1.807, 2.05) is 6.92 Å². The summed E-state index contributed by atoms with van der Waals surface area (Å²) in [5.74, 6) is -2.98. The number of hydrogen-bond acceptors (Lipinski definition) is 3. The molecule has 106 valence electrons. The third kappa shape index (κ3) is 2.45. The molecule has 0 aliphatic rings. The van der Waals surface area contributed by atoms with Crippen LogP contribution in [0, 0.1) is 31.3 Å². The molecule has 0 saturated carbocycles. The van der Waals surface area contributed by atoms with Gasteiger partial charge in [-0.3, -0.25) is 0 Å². The Morgan fingerprint density at radius 1 is 1.05 bits per heavy atom. The van der Waals surface area contributed by atoms with Gasteiger partial charge in [-0.25, -0.2) is 23.1 Å². The van der Waals surface area contributed by atoms with Gasteiger partial charge < -0.3 is 5.32 Å². The van der Waals surface area contributed by atoms with Crippen molar-refractivity contribution in [3.8, 4) is 11.3 Å². The Bertz CT molecular complexity index is 657. The van der Waals surface area contributed by atoms with Crippen LogP contribution in [0.5, 0.6) is 0 Å². The van der Waals surface area contributed by atoms with Gasteiger partial charge in [0.05, 0.1) is 5.69 Å². The van der Waals surface area contributed by atoms with Crippen LogP contribution in [0.1, 0.15) is 18.3 Å². The lowest BCUT2D eigenvalue weighted by atomic mass is 10.1. The first-order valence-corrected chi connectivity index (χ1v) is 6.18. The van der Waals surface area contributed by atoms with Crippen LogP contribution in [0.15, 0.2) is 12.1 Å². The second-order valence-electron chi connectivity index (χ2n) is 4.35. The van der Waals surface area contributed by atoms with E-state index in [2.05, 4.69) is 15.3 Å². The van der Waals surface area contributed by atoms with Gasteiger partial charge in [0.15, 0.2) is 17.5 Å². The van der Waals surface area contributed by atoms with Crippen LogP contribution in [0.4, 0.5) is 19.0 Å². The predicted molar refractivity (Wildman–Crippen MR) is 71.0 cm³/mol. The maximum Gasteiger partial charge on any atom is 0.195 e. The highest BCUT2D eigenvalue weighted by molar-refractivity contribution is 5.68. The van der Waals surface area contributed by atoms with Gasteiger partial charge in [-0.1, -0.05) is 0 Å². The van der Waals surface area contributed by atoms with Gasteiger partial charge in [0.2, 0.25) is 0 Å². The molecule has 2 rings (SSSR count). The van der Waals surface area contributed by atoms with Crippen LogP contribution in [-0.4, -0.2) is 16.5 Å². The largest absolute Gasteiger partial charge is 0.370 e. The van der Waals surface area contributed by atoms with Crippen LogP contribution in [0.3, 0.4) is 0 Å². The van der Waals surface area contributed by atoms with Crippen molar-refractivity contribution in [3.05, 3.63) is 41.0 Å². The SMILES string of the molecule is CCNc1nc(C)nc(-c2ccc(F)c(F)c2F)c1C. The molecule has 0 fully saturated rings. The molecule has 1 aromatic heterocycles. The van der Waals surface area contributed by atoms with Crippen molar-refractivity contribution in [1.29, 1.82) is 0 Å². The molecule has 0 bridgehead atoms. The molecule has 1 aromatic carbocycles. The zero-order valence-electron chi connectivity index (χ0n) is 11.4. The van der Waals surface area contributed by atoms with Gasteiger partial charge in [-0.05, 0) is 32.9 Å². The quantitative estimate of drug-likeness (QED) is 0.873. The van der Waals surface area contributed by atoms with Crippen molar-refractivity contribution >= 4 is 5.82 Å². The third-order valence-electron chi connectivity index (χ3n) is 2.89. The van der Waals surface area contributed by atoms with Crippen LogP contribution in [0.2, 0.25) is 0 Å². The molecule has 0 unspecified atom stereocenters. The Labute approximate surface area is 114 Å². The standard InChI is InChI=1S/C14H14F3N3/c1-4-18-14-7(2)13(19-8(3)20-14)9-5-6-10(15)12(17)11(9)16/h5-6H,4H2,1-3H3,(H,18,19,20). The van der Waals surface area contributed by atoms with Crippen molar-refractivity contribution in [2.24, 2.45) is 0 Å². The highest BCUT2D eigenvalue weighted by atomic mass is 19.2. The van der Waals surface area contributed by atoms with Crippen LogP contribution in [-0.2, 0) is 0 Å². The van der Waals surface area contributed by atoms with Crippen molar-refractivity contribution in [3.63, 3.8) is 0 Å². The molecule has 1 N–H and O–H groups in total. The summed E-state index contributed by atoms with van der Waals surface area (Å²) < 4.78 is 40.2. The number of aryl methyl sites for hydroxylation is 1. The summed E-state index contributed by atoms with van der Waals surface area (Å²) in [6.45, 7) is 5.89. The van der Waals surface area contributed by atoms with Gasteiger partial charge in [0, 0.05) is 17.7 Å². The summed E-state index contributed by atoms with van der Waals surface area (Å²) >= 11 is 0. The van der Waals surface area contributed by atoms with Crippen LogP contribution in [0.25, 0.3) is 11.3 Å². The number of benzene rings is 1. The first-order valence-electron chi connectivity index (χ1n) is 6.18. The Kier molecular flexibility index (Phi) is 3.92. The summed E-state index contributed by atoms with van der Waals surface area (Å²) in [5, 5.41) is 3.03. The summed E-state index contributed by atoms with van der Waals surface area (Å²) in [6, 6.07) is 2.07. The Morgan fingerprint density at radius 3 is 2.40 bits per heavy atom. The summed E-state index contributed by atoms with van der Waals surface area (Å²) in [7, 11) is 0. The zero-order chi connectivity index (χ0) is 14.9. The lowest BCUT2D eigenvalue weighted by Gasteiger charge is -2.13. The van der Waals surface area contributed by atoms with Crippen molar-refractivity contribution in [2.45, 2.75) is 20.8 Å². The minimum absolute atomic E-state index is 0.0777. The minimum Gasteiger partial charge on any atom is -0.370 e. The molecule has 0 aliphatic carbocycles. The van der Waals surface area contributed by atoms with Gasteiger partial charge in [0.25, 0.3) is 0 Å². The number of nitrogens with one attached hydrogen (secondary N) is 1. The van der Waals surface area contributed by atoms with E-state index < -0.39 is 17.5 Å². The Morgan fingerprint density at radius 2 is 1.75 bits per heavy atom. The zero-order valence-corrected chi connectivity index (χ0v) is 11.4. The van der Waals surface area contributed by atoms with E-state index in [-0.39, 0.29) is 11.3 Å². The molecule has 0 radical (unpaired) electrons. The predicted octanol–water partition coefficient (Wildman–Crippen LogP) is 3.61. The van der Waals surface area contributed by atoms with Gasteiger partial charge in [-0.15, -0.1) is 0 Å². The van der Waals surface area contributed by atoms with E-state index in [1.54, 1.807) is 13.8 Å². The topological polar surface area (TPSA) is 37.8 Å². The average Bonchev–Trinajstić information content (AvgIpc) is 2.41. The fraction of sp³-hybridized carbons (Fsp3) is 0.286. The molecule has 0 amide bonds. The van der Waals surface area contributed by atoms with Crippen molar-refractivity contribution in [2.75, 3.05) is 11.9 Å². The molecular weight excluding hydrogens is 267 g/mol. The molecule has 0 atom stereocenters. The molecule has 0 saturated heterocycles. The Hall–Kier alpha value is -2.11. The molecular formula is C14H14F3N3. The third-order valence-corrected chi connectivity index (χ3v) is 2.89. The first kappa shape index (κ1) is 14.3. The number of anilines is 1. The van der Waals surface area contributed by atoms with Crippen LogP contribution >= 0.6 is 0 Å². The average molecular weight is 281 g/mol. The maximum absolute atomic E-state index is 13.9. The summed E-state index contributed by atoms with van der Waals surface area (Å²) in [5.41, 5.74) is 0.762. The molecule has 0 spiro atoms. The minimum atomic E-state index is -1.50. The van der Waals surface area contributed by atoms with Gasteiger partial charge in [0.1, 0.15) is 11.6 Å². The van der Waals surface area contributed by atoms with E-state index in [9.17, 15) is 13.2 Å². The molecule has 2 aromatic rings. The molecule has 20 heavy (non-hydrogen) atoms.